The summed E-state index contributed by atoms with van der Waals surface area (Å²) in [6, 6.07) is 5.76. The second-order valence-electron chi connectivity index (χ2n) is 4.20. The number of rotatable bonds is 6. The molecular weight excluding hydrogens is 318 g/mol. The average Bonchev–Trinajstić information content (AvgIpc) is 2.28. The summed E-state index contributed by atoms with van der Waals surface area (Å²) in [4.78, 5) is 0. The monoisotopic (exact) mass is 335 g/mol. The van der Waals surface area contributed by atoms with Crippen LogP contribution in [0.15, 0.2) is 22.7 Å². The summed E-state index contributed by atoms with van der Waals surface area (Å²) in [7, 11) is -1.84. The van der Waals surface area contributed by atoms with E-state index in [1.54, 1.807) is 6.92 Å². The molecule has 0 bridgehead atoms. The maximum absolute atomic E-state index is 11.9. The molecule has 0 fully saturated rings. The topological polar surface area (TPSA) is 55.4 Å². The summed E-state index contributed by atoms with van der Waals surface area (Å²) in [5.74, 6) is 0. The van der Waals surface area contributed by atoms with Crippen LogP contribution in [0.5, 0.6) is 0 Å². The first-order valence-electron chi connectivity index (χ1n) is 5.59. The van der Waals surface area contributed by atoms with Gasteiger partial charge in [-0.1, -0.05) is 22.0 Å². The minimum absolute atomic E-state index is 0.189. The maximum Gasteiger partial charge on any atom is 0.216 e. The van der Waals surface area contributed by atoms with Gasteiger partial charge < -0.3 is 4.74 Å². The van der Waals surface area contributed by atoms with Crippen molar-refractivity contribution in [3.63, 3.8) is 0 Å². The summed E-state index contributed by atoms with van der Waals surface area (Å²) < 4.78 is 32.2. The zero-order chi connectivity index (χ0) is 13.8. The Labute approximate surface area is 117 Å². The van der Waals surface area contributed by atoms with Crippen LogP contribution in [0.1, 0.15) is 18.1 Å². The van der Waals surface area contributed by atoms with Crippen LogP contribution < -0.4 is 4.72 Å². The molecule has 0 spiro atoms. The van der Waals surface area contributed by atoms with Crippen molar-refractivity contribution >= 4 is 26.0 Å². The number of ether oxygens (including phenoxy) is 1. The molecule has 1 rings (SSSR count). The van der Waals surface area contributed by atoms with Crippen molar-refractivity contribution in [1.82, 2.24) is 4.72 Å². The average molecular weight is 336 g/mol. The van der Waals surface area contributed by atoms with Gasteiger partial charge in [0.05, 0.1) is 11.9 Å². The van der Waals surface area contributed by atoms with Gasteiger partial charge in [0.25, 0.3) is 0 Å². The first-order valence-corrected chi connectivity index (χ1v) is 7.93. The van der Waals surface area contributed by atoms with Gasteiger partial charge in [-0.15, -0.1) is 0 Å². The van der Waals surface area contributed by atoms with Crippen LogP contribution in [0.2, 0.25) is 0 Å². The van der Waals surface area contributed by atoms with Crippen molar-refractivity contribution in [2.24, 2.45) is 0 Å². The van der Waals surface area contributed by atoms with Crippen LogP contribution >= 0.6 is 15.9 Å². The Morgan fingerprint density at radius 1 is 1.44 bits per heavy atom. The van der Waals surface area contributed by atoms with E-state index >= 15 is 0 Å². The number of halogens is 1. The Morgan fingerprint density at radius 2 is 2.11 bits per heavy atom. The molecule has 1 aromatic carbocycles. The molecule has 0 aliphatic carbocycles. The number of hydrogen-bond acceptors (Lipinski definition) is 3. The zero-order valence-electron chi connectivity index (χ0n) is 10.7. The van der Waals surface area contributed by atoms with Crippen molar-refractivity contribution in [2.45, 2.75) is 25.6 Å². The molecule has 4 nitrogen and oxygen atoms in total. The van der Waals surface area contributed by atoms with Crippen molar-refractivity contribution in [2.75, 3.05) is 13.7 Å². The highest BCUT2D eigenvalue weighted by molar-refractivity contribution is 9.10. The Morgan fingerprint density at radius 3 is 2.67 bits per heavy atom. The molecule has 18 heavy (non-hydrogen) atoms. The van der Waals surface area contributed by atoms with Crippen LogP contribution in [-0.4, -0.2) is 27.4 Å². The van der Waals surface area contributed by atoms with Crippen LogP contribution in [0.3, 0.4) is 0 Å². The minimum Gasteiger partial charge on any atom is -0.383 e. The SMILES string of the molecule is COC[C@H](C)S(=O)(=O)NCc1ccc(Br)cc1C. The lowest BCUT2D eigenvalue weighted by atomic mass is 10.1. The van der Waals surface area contributed by atoms with Gasteiger partial charge in [-0.3, -0.25) is 0 Å². The summed E-state index contributed by atoms with van der Waals surface area (Å²) in [6.07, 6.45) is 0. The van der Waals surface area contributed by atoms with Gasteiger partial charge >= 0.3 is 0 Å². The quantitative estimate of drug-likeness (QED) is 0.867. The number of sulfonamides is 1. The second-order valence-corrected chi connectivity index (χ2v) is 7.30. The summed E-state index contributed by atoms with van der Waals surface area (Å²) in [5, 5.41) is -0.557. The fraction of sp³-hybridized carbons (Fsp3) is 0.500. The molecule has 0 saturated carbocycles. The van der Waals surface area contributed by atoms with Crippen molar-refractivity contribution in [3.8, 4) is 0 Å². The van der Waals surface area contributed by atoms with Crippen LogP contribution in [0, 0.1) is 6.92 Å². The molecule has 6 heteroatoms. The molecule has 0 heterocycles. The lowest BCUT2D eigenvalue weighted by Crippen LogP contribution is -2.34. The van der Waals surface area contributed by atoms with E-state index < -0.39 is 15.3 Å². The van der Waals surface area contributed by atoms with Gasteiger partial charge in [-0.05, 0) is 37.1 Å². The van der Waals surface area contributed by atoms with Crippen molar-refractivity contribution in [1.29, 1.82) is 0 Å². The number of benzene rings is 1. The first-order chi connectivity index (χ1) is 8.36. The molecule has 0 aliphatic heterocycles. The van der Waals surface area contributed by atoms with Crippen molar-refractivity contribution in [3.05, 3.63) is 33.8 Å². The third kappa shape index (κ3) is 4.35. The molecule has 0 unspecified atom stereocenters. The third-order valence-electron chi connectivity index (χ3n) is 2.70. The molecule has 0 aromatic heterocycles. The van der Waals surface area contributed by atoms with E-state index in [0.29, 0.717) is 6.54 Å². The highest BCUT2D eigenvalue weighted by Gasteiger charge is 2.20. The van der Waals surface area contributed by atoms with Gasteiger partial charge in [0.2, 0.25) is 10.0 Å². The fourth-order valence-corrected chi connectivity index (χ4v) is 2.93. The zero-order valence-corrected chi connectivity index (χ0v) is 13.1. The van der Waals surface area contributed by atoms with Gasteiger partial charge in [-0.25, -0.2) is 13.1 Å². The lowest BCUT2D eigenvalue weighted by molar-refractivity contribution is 0.200. The first kappa shape index (κ1) is 15.6. The van der Waals surface area contributed by atoms with E-state index in [0.717, 1.165) is 15.6 Å². The third-order valence-corrected chi connectivity index (χ3v) is 4.94. The highest BCUT2D eigenvalue weighted by Crippen LogP contribution is 2.16. The van der Waals surface area contributed by atoms with Crippen molar-refractivity contribution < 1.29 is 13.2 Å². The molecule has 1 atom stereocenters. The molecule has 1 aromatic rings. The van der Waals surface area contributed by atoms with Gasteiger partial charge in [0, 0.05) is 18.1 Å². The summed E-state index contributed by atoms with van der Waals surface area (Å²) in [6.45, 7) is 4.07. The standard InChI is InChI=1S/C12H18BrNO3S/c1-9-6-12(13)5-4-11(9)7-14-18(15,16)10(2)8-17-3/h4-6,10,14H,7-8H2,1-3H3/t10-/m0/s1. The Hall–Kier alpha value is -0.430. The molecule has 0 amide bonds. The second kappa shape index (κ2) is 6.65. The van der Waals surface area contributed by atoms with E-state index in [9.17, 15) is 8.42 Å². The largest absolute Gasteiger partial charge is 0.383 e. The van der Waals surface area contributed by atoms with Crippen LogP contribution in [-0.2, 0) is 21.3 Å². The Balaban J connectivity index is 2.70. The fourth-order valence-electron chi connectivity index (χ4n) is 1.50. The normalized spacial score (nSPS) is 13.6. The molecule has 0 saturated heterocycles. The lowest BCUT2D eigenvalue weighted by Gasteiger charge is -2.14. The number of nitrogens with one attached hydrogen (secondary N) is 1. The maximum atomic E-state index is 11.9. The van der Waals surface area contributed by atoms with E-state index in [-0.39, 0.29) is 6.61 Å². The van der Waals surface area contributed by atoms with E-state index in [1.165, 1.54) is 7.11 Å². The Bertz CT molecular complexity index is 502. The summed E-state index contributed by atoms with van der Waals surface area (Å²) >= 11 is 3.38. The summed E-state index contributed by atoms with van der Waals surface area (Å²) in [5.41, 5.74) is 2.01. The van der Waals surface area contributed by atoms with Gasteiger partial charge in [-0.2, -0.15) is 0 Å². The minimum atomic E-state index is -3.33. The highest BCUT2D eigenvalue weighted by atomic mass is 79.9. The molecule has 1 N–H and O–H groups in total. The molecular formula is C12H18BrNO3S. The Kier molecular flexibility index (Phi) is 5.78. The van der Waals surface area contributed by atoms with Crippen LogP contribution in [0.4, 0.5) is 0 Å². The molecule has 0 radical (unpaired) electrons. The van der Waals surface area contributed by atoms with E-state index in [1.807, 2.05) is 25.1 Å². The number of aryl methyl sites for hydroxylation is 1. The van der Waals surface area contributed by atoms with E-state index in [2.05, 4.69) is 20.7 Å². The number of hydrogen-bond donors (Lipinski definition) is 1. The number of methoxy groups -OCH3 is 1. The van der Waals surface area contributed by atoms with Crippen LogP contribution in [0.25, 0.3) is 0 Å². The van der Waals surface area contributed by atoms with E-state index in [4.69, 9.17) is 4.74 Å². The van der Waals surface area contributed by atoms with Gasteiger partial charge in [0.15, 0.2) is 0 Å². The molecule has 102 valence electrons. The predicted molar refractivity (Wildman–Crippen MR) is 76.0 cm³/mol. The van der Waals surface area contributed by atoms with Gasteiger partial charge in [0.1, 0.15) is 0 Å². The smallest absolute Gasteiger partial charge is 0.216 e. The predicted octanol–water partition coefficient (Wildman–Crippen LogP) is 2.21. The molecule has 0 aliphatic rings.